The molecule has 0 radical (unpaired) electrons. The van der Waals surface area contributed by atoms with Crippen LogP contribution in [0.15, 0.2) is 72.7 Å². The standard InChI is InChI=1S/C19H18N6O2S/c1-2-10-21-18(27)22-16(26)13-28-19-24-23-17(14-8-11-20-12-9-14)25(19)15-6-4-3-5-7-15/h2-9,11-12H,1,10,13H2,(H2,21,22,26,27). The van der Waals surface area contributed by atoms with Gasteiger partial charge in [0.1, 0.15) is 0 Å². The number of thioether (sulfide) groups is 1. The van der Waals surface area contributed by atoms with Gasteiger partial charge < -0.3 is 5.32 Å². The van der Waals surface area contributed by atoms with Crippen molar-refractivity contribution in [3.05, 3.63) is 67.5 Å². The molecule has 2 N–H and O–H groups in total. The summed E-state index contributed by atoms with van der Waals surface area (Å²) in [6.07, 6.45) is 4.89. The molecule has 142 valence electrons. The number of amides is 3. The highest BCUT2D eigenvalue weighted by Crippen LogP contribution is 2.27. The first kappa shape index (κ1) is 19.3. The third-order valence-corrected chi connectivity index (χ3v) is 4.51. The van der Waals surface area contributed by atoms with Gasteiger partial charge in [-0.3, -0.25) is 19.7 Å². The lowest BCUT2D eigenvalue weighted by atomic mass is 10.2. The number of carbonyl (C=O) groups excluding carboxylic acids is 2. The Balaban J connectivity index is 1.80. The van der Waals surface area contributed by atoms with Gasteiger partial charge in [-0.1, -0.05) is 36.0 Å². The van der Waals surface area contributed by atoms with Crippen molar-refractivity contribution in [2.75, 3.05) is 12.3 Å². The van der Waals surface area contributed by atoms with Crippen LogP contribution in [-0.2, 0) is 4.79 Å². The van der Waals surface area contributed by atoms with E-state index in [1.165, 1.54) is 17.8 Å². The summed E-state index contributed by atoms with van der Waals surface area (Å²) in [5.41, 5.74) is 1.72. The Bertz CT molecular complexity index is 959. The lowest BCUT2D eigenvalue weighted by Crippen LogP contribution is -2.40. The third-order valence-electron chi connectivity index (χ3n) is 3.58. The number of rotatable bonds is 7. The van der Waals surface area contributed by atoms with Crippen LogP contribution in [0.5, 0.6) is 0 Å². The van der Waals surface area contributed by atoms with E-state index in [-0.39, 0.29) is 12.3 Å². The molecule has 0 fully saturated rings. The van der Waals surface area contributed by atoms with Gasteiger partial charge in [0.15, 0.2) is 11.0 Å². The van der Waals surface area contributed by atoms with Crippen LogP contribution >= 0.6 is 11.8 Å². The van der Waals surface area contributed by atoms with E-state index in [4.69, 9.17) is 0 Å². The highest BCUT2D eigenvalue weighted by Gasteiger charge is 2.17. The Labute approximate surface area is 166 Å². The second kappa shape index (κ2) is 9.47. The van der Waals surface area contributed by atoms with Gasteiger partial charge >= 0.3 is 6.03 Å². The molecule has 0 atom stereocenters. The van der Waals surface area contributed by atoms with Crippen molar-refractivity contribution < 1.29 is 9.59 Å². The Morgan fingerprint density at radius 3 is 2.57 bits per heavy atom. The summed E-state index contributed by atoms with van der Waals surface area (Å²) in [4.78, 5) is 27.6. The van der Waals surface area contributed by atoms with Crippen molar-refractivity contribution in [2.45, 2.75) is 5.16 Å². The van der Waals surface area contributed by atoms with Crippen molar-refractivity contribution in [3.8, 4) is 17.1 Å². The van der Waals surface area contributed by atoms with Gasteiger partial charge in [0.25, 0.3) is 0 Å². The van der Waals surface area contributed by atoms with Crippen LogP contribution in [-0.4, -0.2) is 44.0 Å². The maximum Gasteiger partial charge on any atom is 0.321 e. The molecule has 0 aliphatic rings. The predicted molar refractivity (Wildman–Crippen MR) is 107 cm³/mol. The Kier molecular flexibility index (Phi) is 6.53. The first-order valence-electron chi connectivity index (χ1n) is 8.41. The van der Waals surface area contributed by atoms with Crippen molar-refractivity contribution in [1.82, 2.24) is 30.4 Å². The SMILES string of the molecule is C=CCNC(=O)NC(=O)CSc1nnc(-c2ccncc2)n1-c1ccccc1. The lowest BCUT2D eigenvalue weighted by molar-refractivity contribution is -0.117. The Morgan fingerprint density at radius 1 is 1.11 bits per heavy atom. The number of urea groups is 1. The fourth-order valence-electron chi connectivity index (χ4n) is 2.36. The average molecular weight is 394 g/mol. The molecular formula is C19H18N6O2S. The van der Waals surface area contributed by atoms with Gasteiger partial charge in [-0.25, -0.2) is 4.79 Å². The smallest absolute Gasteiger partial charge is 0.321 e. The van der Waals surface area contributed by atoms with Crippen LogP contribution in [0.3, 0.4) is 0 Å². The number of carbonyl (C=O) groups is 2. The molecule has 28 heavy (non-hydrogen) atoms. The van der Waals surface area contributed by atoms with Gasteiger partial charge in [0.2, 0.25) is 5.91 Å². The summed E-state index contributed by atoms with van der Waals surface area (Å²) in [6, 6.07) is 12.7. The minimum atomic E-state index is -0.562. The van der Waals surface area contributed by atoms with Crippen molar-refractivity contribution in [3.63, 3.8) is 0 Å². The van der Waals surface area contributed by atoms with E-state index in [2.05, 4.69) is 32.4 Å². The second-order valence-corrected chi connectivity index (χ2v) is 6.49. The van der Waals surface area contributed by atoms with Crippen LogP contribution < -0.4 is 10.6 Å². The summed E-state index contributed by atoms with van der Waals surface area (Å²) < 4.78 is 1.87. The van der Waals surface area contributed by atoms with Crippen LogP contribution in [0.4, 0.5) is 4.79 Å². The van der Waals surface area contributed by atoms with E-state index in [9.17, 15) is 9.59 Å². The quantitative estimate of drug-likeness (QED) is 0.471. The number of imide groups is 1. The highest BCUT2D eigenvalue weighted by atomic mass is 32.2. The maximum absolute atomic E-state index is 12.0. The van der Waals surface area contributed by atoms with Crippen LogP contribution in [0.2, 0.25) is 0 Å². The molecule has 0 unspecified atom stereocenters. The average Bonchev–Trinajstić information content (AvgIpc) is 3.16. The zero-order valence-corrected chi connectivity index (χ0v) is 15.7. The number of benzene rings is 1. The molecule has 1 aromatic carbocycles. The van der Waals surface area contributed by atoms with Gasteiger partial charge in [0.05, 0.1) is 5.75 Å². The largest absolute Gasteiger partial charge is 0.334 e. The van der Waals surface area contributed by atoms with Gasteiger partial charge in [-0.15, -0.1) is 16.8 Å². The van der Waals surface area contributed by atoms with E-state index in [1.807, 2.05) is 47.0 Å². The molecule has 0 saturated heterocycles. The molecule has 3 aromatic rings. The molecule has 0 aliphatic heterocycles. The minimum Gasteiger partial charge on any atom is -0.334 e. The summed E-state index contributed by atoms with van der Waals surface area (Å²) in [5.74, 6) is 0.225. The second-order valence-electron chi connectivity index (χ2n) is 5.55. The summed E-state index contributed by atoms with van der Waals surface area (Å²) >= 11 is 1.19. The Morgan fingerprint density at radius 2 is 1.86 bits per heavy atom. The molecule has 3 amide bonds. The molecular weight excluding hydrogens is 376 g/mol. The monoisotopic (exact) mass is 394 g/mol. The molecule has 8 nitrogen and oxygen atoms in total. The molecule has 0 spiro atoms. The predicted octanol–water partition coefficient (Wildman–Crippen LogP) is 2.43. The maximum atomic E-state index is 12.0. The van der Waals surface area contributed by atoms with Crippen molar-refractivity contribution >= 4 is 23.7 Å². The molecule has 0 aliphatic carbocycles. The zero-order valence-electron chi connectivity index (χ0n) is 14.9. The number of hydrogen-bond acceptors (Lipinski definition) is 6. The topological polar surface area (TPSA) is 102 Å². The fraction of sp³-hybridized carbons (Fsp3) is 0.105. The molecule has 2 aromatic heterocycles. The fourth-order valence-corrected chi connectivity index (χ4v) is 3.11. The number of aromatic nitrogens is 4. The molecule has 3 rings (SSSR count). The van der Waals surface area contributed by atoms with Crippen LogP contribution in [0.25, 0.3) is 17.1 Å². The van der Waals surface area contributed by atoms with Gasteiger partial charge in [0, 0.05) is 30.2 Å². The summed E-state index contributed by atoms with van der Waals surface area (Å²) in [7, 11) is 0. The molecule has 0 saturated carbocycles. The molecule has 0 bridgehead atoms. The van der Waals surface area contributed by atoms with E-state index in [0.29, 0.717) is 11.0 Å². The van der Waals surface area contributed by atoms with Crippen LogP contribution in [0, 0.1) is 0 Å². The number of nitrogens with zero attached hydrogens (tertiary/aromatic N) is 4. The van der Waals surface area contributed by atoms with E-state index in [0.717, 1.165) is 11.3 Å². The van der Waals surface area contributed by atoms with Crippen molar-refractivity contribution in [1.29, 1.82) is 0 Å². The first-order chi connectivity index (χ1) is 13.7. The van der Waals surface area contributed by atoms with Crippen LogP contribution in [0.1, 0.15) is 0 Å². The minimum absolute atomic E-state index is 0.0167. The Hall–Kier alpha value is -3.46. The summed E-state index contributed by atoms with van der Waals surface area (Å²) in [5, 5.41) is 13.8. The number of pyridine rings is 1. The molecule has 9 heteroatoms. The lowest BCUT2D eigenvalue weighted by Gasteiger charge is -2.10. The zero-order chi connectivity index (χ0) is 19.8. The third kappa shape index (κ3) is 4.83. The first-order valence-corrected chi connectivity index (χ1v) is 9.40. The van der Waals surface area contributed by atoms with Crippen molar-refractivity contribution in [2.24, 2.45) is 0 Å². The molecule has 2 heterocycles. The number of hydrogen-bond donors (Lipinski definition) is 2. The summed E-state index contributed by atoms with van der Waals surface area (Å²) in [6.45, 7) is 3.78. The number of para-hydroxylation sites is 1. The van der Waals surface area contributed by atoms with Gasteiger partial charge in [-0.2, -0.15) is 0 Å². The normalized spacial score (nSPS) is 10.3. The van der Waals surface area contributed by atoms with E-state index >= 15 is 0 Å². The highest BCUT2D eigenvalue weighted by molar-refractivity contribution is 7.99. The van der Waals surface area contributed by atoms with E-state index < -0.39 is 11.9 Å². The van der Waals surface area contributed by atoms with Gasteiger partial charge in [-0.05, 0) is 24.3 Å². The van der Waals surface area contributed by atoms with E-state index in [1.54, 1.807) is 12.4 Å². The number of nitrogens with one attached hydrogen (secondary N) is 2.